The lowest BCUT2D eigenvalue weighted by molar-refractivity contribution is -0.120. The topological polar surface area (TPSA) is 68.1 Å². The van der Waals surface area contributed by atoms with Crippen molar-refractivity contribution >= 4 is 19.6 Å². The van der Waals surface area contributed by atoms with Crippen molar-refractivity contribution in [2.45, 2.75) is 34.6 Å². The van der Waals surface area contributed by atoms with E-state index in [-0.39, 0.29) is 12.4 Å². The van der Waals surface area contributed by atoms with E-state index in [0.717, 1.165) is 5.57 Å². The van der Waals surface area contributed by atoms with Crippen LogP contribution in [0, 0.1) is 0 Å². The van der Waals surface area contributed by atoms with Gasteiger partial charge in [-0.15, -0.1) is 5.16 Å². The summed E-state index contributed by atoms with van der Waals surface area (Å²) in [5.74, 6) is 0.263. The number of carbonyl (C=O) groups excluding carboxylic acids is 1. The largest absolute Gasteiger partial charge is 0.583 e. The van der Waals surface area contributed by atoms with Crippen LogP contribution in [0.3, 0.4) is 0 Å². The summed E-state index contributed by atoms with van der Waals surface area (Å²) in [5.41, 5.74) is 1.29. The number of allylic oxidation sites excluding steroid dienone is 4. The molecule has 20 heavy (non-hydrogen) atoms. The molecule has 0 unspecified atom stereocenters. The van der Waals surface area contributed by atoms with Crippen LogP contribution in [0.5, 0.6) is 0 Å². The van der Waals surface area contributed by atoms with E-state index in [2.05, 4.69) is 23.2 Å². The summed E-state index contributed by atoms with van der Waals surface area (Å²) in [4.78, 5) is 10.8. The minimum Gasteiger partial charge on any atom is -0.486 e. The Morgan fingerprint density at radius 1 is 1.35 bits per heavy atom. The van der Waals surface area contributed by atoms with Gasteiger partial charge in [-0.05, 0) is 32.9 Å². The van der Waals surface area contributed by atoms with Gasteiger partial charge in [0.05, 0.1) is 0 Å². The summed E-state index contributed by atoms with van der Waals surface area (Å²) >= 11 is 0. The average Bonchev–Trinajstić information content (AvgIpc) is 2.40. The molecule has 0 radical (unpaired) electrons. The number of oxime groups is 1. The van der Waals surface area contributed by atoms with Crippen molar-refractivity contribution in [1.29, 1.82) is 0 Å². The number of hydrogen-bond donors (Lipinski definition) is 1. The van der Waals surface area contributed by atoms with Crippen LogP contribution in [0.1, 0.15) is 34.6 Å². The number of ether oxygens (including phenoxy) is 1. The molecular weight excluding hydrogens is 257 g/mol. The van der Waals surface area contributed by atoms with Crippen LogP contribution in [0.2, 0.25) is 0 Å². The highest BCUT2D eigenvalue weighted by Gasteiger charge is 2.21. The Bertz CT molecular complexity index is 385. The van der Waals surface area contributed by atoms with Crippen LogP contribution in [0.25, 0.3) is 0 Å². The van der Waals surface area contributed by atoms with Crippen LogP contribution in [-0.2, 0) is 14.3 Å². The number of nitrogens with zero attached hydrogens (tertiary/aromatic N) is 1. The Hall–Kier alpha value is -1.82. The lowest BCUT2D eigenvalue weighted by atomic mass is 9.76. The average molecular weight is 281 g/mol. The molecule has 6 heteroatoms. The molecule has 0 saturated carbocycles. The molecule has 5 nitrogen and oxygen atoms in total. The molecule has 0 aliphatic carbocycles. The molecule has 0 aromatic carbocycles. The van der Waals surface area contributed by atoms with Crippen molar-refractivity contribution in [3.8, 4) is 0 Å². The zero-order valence-corrected chi connectivity index (χ0v) is 13.0. The molecule has 0 aliphatic heterocycles. The minimum absolute atomic E-state index is 0.0510. The van der Waals surface area contributed by atoms with E-state index in [1.165, 1.54) is 13.0 Å². The SMILES string of the molecule is C=C/C(=C\C(B(O)ON=C)=C(C)C)OCC(C)=O.CC. The summed E-state index contributed by atoms with van der Waals surface area (Å²) in [6, 6.07) is 0. The van der Waals surface area contributed by atoms with Crippen molar-refractivity contribution < 1.29 is 19.3 Å². The lowest BCUT2D eigenvalue weighted by Crippen LogP contribution is -2.19. The molecule has 0 aromatic heterocycles. The van der Waals surface area contributed by atoms with Gasteiger partial charge in [0.15, 0.2) is 5.78 Å². The predicted octanol–water partition coefficient (Wildman–Crippen LogP) is 2.68. The van der Waals surface area contributed by atoms with Gasteiger partial charge in [0.1, 0.15) is 12.4 Å². The van der Waals surface area contributed by atoms with Crippen LogP contribution >= 0.6 is 0 Å². The number of rotatable bonds is 8. The number of Topliss-reactive ketones (excluding diaryl/α,β-unsaturated/α-hetero) is 1. The minimum atomic E-state index is -1.23. The standard InChI is InChI=1S/C12H18BNO4.C2H6/c1-6-11(17-8-10(4)15)7-12(9(2)3)13(16)18-14-5;1-2/h6-7,16H,1,5,8H2,2-4H3;1-2H3/b11-7+;. The quantitative estimate of drug-likeness (QED) is 0.244. The fraction of sp³-hybridized carbons (Fsp3) is 0.429. The molecule has 0 atom stereocenters. The highest BCUT2D eigenvalue weighted by atomic mass is 16.6. The summed E-state index contributed by atoms with van der Waals surface area (Å²) in [6.45, 7) is 15.7. The lowest BCUT2D eigenvalue weighted by Gasteiger charge is -2.10. The highest BCUT2D eigenvalue weighted by Crippen LogP contribution is 2.13. The second-order valence-electron chi connectivity index (χ2n) is 3.78. The van der Waals surface area contributed by atoms with E-state index >= 15 is 0 Å². The maximum absolute atomic E-state index is 10.8. The molecule has 0 aliphatic rings. The van der Waals surface area contributed by atoms with E-state index in [1.54, 1.807) is 19.9 Å². The third-order valence-electron chi connectivity index (χ3n) is 1.96. The predicted molar refractivity (Wildman–Crippen MR) is 83.2 cm³/mol. The van der Waals surface area contributed by atoms with E-state index in [4.69, 9.17) is 4.74 Å². The van der Waals surface area contributed by atoms with E-state index < -0.39 is 7.12 Å². The molecule has 0 aromatic rings. The zero-order chi connectivity index (χ0) is 16.1. The summed E-state index contributed by atoms with van der Waals surface area (Å²) < 4.78 is 9.85. The van der Waals surface area contributed by atoms with Gasteiger partial charge in [-0.25, -0.2) is 0 Å². The Labute approximate surface area is 121 Å². The van der Waals surface area contributed by atoms with Crippen molar-refractivity contribution in [1.82, 2.24) is 0 Å². The number of hydrogen-bond acceptors (Lipinski definition) is 5. The first kappa shape index (κ1) is 20.5. The summed E-state index contributed by atoms with van der Waals surface area (Å²) in [7, 11) is -1.23. The van der Waals surface area contributed by atoms with Gasteiger partial charge < -0.3 is 14.5 Å². The van der Waals surface area contributed by atoms with Gasteiger partial charge in [-0.2, -0.15) is 0 Å². The maximum atomic E-state index is 10.8. The maximum Gasteiger partial charge on any atom is 0.583 e. The summed E-state index contributed by atoms with van der Waals surface area (Å²) in [6.07, 6.45) is 2.99. The first-order chi connectivity index (χ1) is 9.42. The number of carbonyl (C=O) groups is 1. The zero-order valence-electron chi connectivity index (χ0n) is 13.0. The van der Waals surface area contributed by atoms with Crippen molar-refractivity contribution in [3.05, 3.63) is 35.5 Å². The highest BCUT2D eigenvalue weighted by molar-refractivity contribution is 6.53. The van der Waals surface area contributed by atoms with Gasteiger partial charge in [0, 0.05) is 12.2 Å². The monoisotopic (exact) mass is 281 g/mol. The summed E-state index contributed by atoms with van der Waals surface area (Å²) in [5, 5.41) is 12.8. The van der Waals surface area contributed by atoms with E-state index in [1.807, 2.05) is 13.8 Å². The van der Waals surface area contributed by atoms with Crippen molar-refractivity contribution in [2.24, 2.45) is 5.16 Å². The van der Waals surface area contributed by atoms with Gasteiger partial charge in [0.25, 0.3) is 0 Å². The Morgan fingerprint density at radius 2 is 1.90 bits per heavy atom. The van der Waals surface area contributed by atoms with Gasteiger partial charge in [-0.3, -0.25) is 4.79 Å². The molecule has 1 N–H and O–H groups in total. The molecule has 0 heterocycles. The Morgan fingerprint density at radius 3 is 2.25 bits per heavy atom. The third kappa shape index (κ3) is 9.16. The van der Waals surface area contributed by atoms with Crippen LogP contribution in [0.4, 0.5) is 0 Å². The Balaban J connectivity index is 0. The third-order valence-corrected chi connectivity index (χ3v) is 1.96. The fourth-order valence-electron chi connectivity index (χ4n) is 1.09. The van der Waals surface area contributed by atoms with Gasteiger partial charge >= 0.3 is 7.12 Å². The second-order valence-corrected chi connectivity index (χ2v) is 3.78. The van der Waals surface area contributed by atoms with Crippen molar-refractivity contribution in [3.63, 3.8) is 0 Å². The first-order valence-electron chi connectivity index (χ1n) is 6.36. The van der Waals surface area contributed by atoms with Crippen LogP contribution in [-0.4, -0.2) is 31.3 Å². The Kier molecular flexibility index (Phi) is 12.5. The van der Waals surface area contributed by atoms with Gasteiger partial charge in [0.2, 0.25) is 0 Å². The van der Waals surface area contributed by atoms with Crippen LogP contribution < -0.4 is 0 Å². The normalized spacial score (nSPS) is 9.60. The number of ketones is 1. The van der Waals surface area contributed by atoms with Crippen molar-refractivity contribution in [2.75, 3.05) is 6.61 Å². The second kappa shape index (κ2) is 12.2. The van der Waals surface area contributed by atoms with E-state index in [9.17, 15) is 9.82 Å². The molecule has 0 amide bonds. The fourth-order valence-corrected chi connectivity index (χ4v) is 1.09. The molecule has 0 saturated heterocycles. The molecule has 0 rings (SSSR count). The molecule has 112 valence electrons. The van der Waals surface area contributed by atoms with Gasteiger partial charge in [-0.1, -0.05) is 26.0 Å². The molecule has 0 fully saturated rings. The molecule has 0 bridgehead atoms. The van der Waals surface area contributed by atoms with E-state index in [0.29, 0.717) is 11.2 Å². The molecule has 0 spiro atoms. The van der Waals surface area contributed by atoms with Crippen LogP contribution in [0.15, 0.2) is 40.7 Å². The molecular formula is C14H24BNO4. The first-order valence-corrected chi connectivity index (χ1v) is 6.36. The smallest absolute Gasteiger partial charge is 0.486 e.